The van der Waals surface area contributed by atoms with Gasteiger partial charge in [0.1, 0.15) is 17.3 Å². The number of pyridine rings is 1. The van der Waals surface area contributed by atoms with Crippen molar-refractivity contribution < 1.29 is 26.6 Å². The van der Waals surface area contributed by atoms with Crippen LogP contribution in [0.4, 0.5) is 29.1 Å². The Morgan fingerprint density at radius 1 is 1.02 bits per heavy atom. The smallest absolute Gasteiger partial charge is 0.383 e. The summed E-state index contributed by atoms with van der Waals surface area (Å²) in [6.45, 7) is 5.45. The van der Waals surface area contributed by atoms with Crippen molar-refractivity contribution in [2.24, 2.45) is 5.92 Å². The molecule has 2 atom stereocenters. The lowest BCUT2D eigenvalue weighted by Gasteiger charge is -2.38. The van der Waals surface area contributed by atoms with Crippen LogP contribution < -0.4 is 15.8 Å². The summed E-state index contributed by atoms with van der Waals surface area (Å²) in [6.07, 6.45) is -0.105. The van der Waals surface area contributed by atoms with E-state index >= 15 is 4.39 Å². The maximum atomic E-state index is 15.6. The number of amides is 1. The summed E-state index contributed by atoms with van der Waals surface area (Å²) in [5, 5.41) is 16.7. The Bertz CT molecular complexity index is 2180. The van der Waals surface area contributed by atoms with Crippen molar-refractivity contribution >= 4 is 39.2 Å². The molecule has 1 fully saturated rings. The molecule has 2 heterocycles. The van der Waals surface area contributed by atoms with Crippen molar-refractivity contribution in [2.45, 2.75) is 62.9 Å². The zero-order valence-corrected chi connectivity index (χ0v) is 28.8. The number of nitrogens with one attached hydrogen (secondary N) is 2. The van der Waals surface area contributed by atoms with E-state index in [0.717, 1.165) is 30.0 Å². The molecule has 5 aromatic rings. The van der Waals surface area contributed by atoms with Crippen molar-refractivity contribution in [2.75, 3.05) is 11.1 Å². The van der Waals surface area contributed by atoms with Crippen LogP contribution in [0.3, 0.4) is 0 Å². The van der Waals surface area contributed by atoms with Gasteiger partial charge in [0.25, 0.3) is 5.91 Å². The zero-order chi connectivity index (χ0) is 36.7. The third kappa shape index (κ3) is 7.50. The van der Waals surface area contributed by atoms with Crippen molar-refractivity contribution in [3.63, 3.8) is 0 Å². The lowest BCUT2D eigenvalue weighted by molar-refractivity contribution is -0.141. The number of nitrogen functional groups attached to an aromatic ring is 1. The summed E-state index contributed by atoms with van der Waals surface area (Å²) >= 11 is 0. The number of carbonyl (C=O) groups is 1. The molecule has 1 aliphatic rings. The molecule has 3 aromatic carbocycles. The van der Waals surface area contributed by atoms with Crippen LogP contribution in [0.25, 0.3) is 16.5 Å². The number of carbonyl (C=O) groups excluding carboxylic acids is 1. The minimum Gasteiger partial charge on any atom is -0.383 e. The largest absolute Gasteiger partial charge is 0.435 e. The minimum absolute atomic E-state index is 0.103. The summed E-state index contributed by atoms with van der Waals surface area (Å²) in [7, 11) is -1.63. The molecule has 1 unspecified atom stereocenters. The Morgan fingerprint density at radius 2 is 1.73 bits per heavy atom. The van der Waals surface area contributed by atoms with Gasteiger partial charge in [0.2, 0.25) is 0 Å². The SMILES string of the molecule is CC(C)(C)[S@@](=O)NC(CCC1CC1)(c1ccc(C#N)cc1)c1ccc(F)c(NC(=O)c2cc(C(F)(F)F)nn2-c2ccc3ccnc(N)c3c2)c1. The number of nitrogens with zero attached hydrogens (tertiary/aromatic N) is 4. The number of nitriles is 1. The zero-order valence-electron chi connectivity index (χ0n) is 28.0. The maximum absolute atomic E-state index is 15.6. The van der Waals surface area contributed by atoms with Gasteiger partial charge >= 0.3 is 6.18 Å². The molecular formula is C37H35F4N7O2S. The van der Waals surface area contributed by atoms with E-state index in [1.165, 1.54) is 30.5 Å². The number of alkyl halides is 3. The highest BCUT2D eigenvalue weighted by molar-refractivity contribution is 7.84. The van der Waals surface area contributed by atoms with E-state index in [9.17, 15) is 27.4 Å². The average molecular weight is 718 g/mol. The molecule has 0 aliphatic heterocycles. The Labute approximate surface area is 294 Å². The van der Waals surface area contributed by atoms with Crippen molar-refractivity contribution in [1.29, 1.82) is 5.26 Å². The normalized spacial score (nSPS) is 15.3. The van der Waals surface area contributed by atoms with E-state index in [1.54, 1.807) is 36.4 Å². The third-order valence-electron chi connectivity index (χ3n) is 8.92. The van der Waals surface area contributed by atoms with Crippen LogP contribution in [-0.2, 0) is 22.7 Å². The Hall–Kier alpha value is -5.13. The van der Waals surface area contributed by atoms with E-state index in [4.69, 9.17) is 5.73 Å². The van der Waals surface area contributed by atoms with E-state index in [1.807, 2.05) is 20.8 Å². The molecule has 2 aromatic heterocycles. The molecule has 0 spiro atoms. The molecular weight excluding hydrogens is 683 g/mol. The highest BCUT2D eigenvalue weighted by Gasteiger charge is 2.41. The van der Waals surface area contributed by atoms with Crippen LogP contribution in [0, 0.1) is 23.1 Å². The molecule has 264 valence electrons. The number of rotatable bonds is 10. The molecule has 1 saturated carbocycles. The fourth-order valence-corrected chi connectivity index (χ4v) is 6.81. The Balaban J connectivity index is 1.44. The number of benzene rings is 3. The van der Waals surface area contributed by atoms with Gasteiger partial charge in [-0.05, 0) is 98.5 Å². The number of hydrogen-bond acceptors (Lipinski definition) is 6. The van der Waals surface area contributed by atoms with Gasteiger partial charge in [0, 0.05) is 17.6 Å². The van der Waals surface area contributed by atoms with Gasteiger partial charge in [-0.2, -0.15) is 23.5 Å². The quantitative estimate of drug-likeness (QED) is 0.126. The van der Waals surface area contributed by atoms with E-state index < -0.39 is 50.6 Å². The van der Waals surface area contributed by atoms with Crippen molar-refractivity contribution in [3.8, 4) is 11.8 Å². The van der Waals surface area contributed by atoms with Gasteiger partial charge < -0.3 is 11.1 Å². The number of fused-ring (bicyclic) bond motifs is 1. The van der Waals surface area contributed by atoms with Gasteiger partial charge in [-0.1, -0.05) is 37.1 Å². The second-order valence-electron chi connectivity index (χ2n) is 13.6. The predicted octanol–water partition coefficient (Wildman–Crippen LogP) is 7.77. The third-order valence-corrected chi connectivity index (χ3v) is 10.6. The summed E-state index contributed by atoms with van der Waals surface area (Å²) in [4.78, 5) is 17.9. The van der Waals surface area contributed by atoms with E-state index in [0.29, 0.717) is 45.9 Å². The van der Waals surface area contributed by atoms with Crippen LogP contribution in [0.5, 0.6) is 0 Å². The molecule has 9 nitrogen and oxygen atoms in total. The van der Waals surface area contributed by atoms with Gasteiger partial charge in [-0.25, -0.2) is 23.0 Å². The monoisotopic (exact) mass is 717 g/mol. The van der Waals surface area contributed by atoms with Crippen LogP contribution in [-0.4, -0.2) is 29.6 Å². The first-order valence-corrected chi connectivity index (χ1v) is 17.4. The van der Waals surface area contributed by atoms with Gasteiger partial charge in [0.15, 0.2) is 5.69 Å². The highest BCUT2D eigenvalue weighted by atomic mass is 32.2. The van der Waals surface area contributed by atoms with E-state index in [2.05, 4.69) is 26.2 Å². The standard InChI is InChI=1S/C37H35F4N7O2S/c1-35(2,3)51(50)47-36(16-14-22-4-5-22,25-9-6-23(21-42)7-10-25)26-11-13-29(38)30(18-26)45-34(49)31-20-32(37(39,40)41)46-48(31)27-12-8-24-15-17-44-33(43)28(24)19-27/h6-13,15,17-20,22,47H,4-5,14,16H2,1-3H3,(H2,43,44)(H,45,49)/t36?,51-/m1/s1. The average Bonchev–Trinajstić information content (AvgIpc) is 3.81. The first-order chi connectivity index (χ1) is 24.1. The fraction of sp³-hybridized carbons (Fsp3) is 0.297. The number of nitrogens with two attached hydrogens (primary N) is 1. The van der Waals surface area contributed by atoms with Crippen LogP contribution >= 0.6 is 0 Å². The maximum Gasteiger partial charge on any atom is 0.435 e. The lowest BCUT2D eigenvalue weighted by Crippen LogP contribution is -2.49. The summed E-state index contributed by atoms with van der Waals surface area (Å²) in [5.41, 5.74) is 4.37. The van der Waals surface area contributed by atoms with Crippen LogP contribution in [0.15, 0.2) is 79.0 Å². The Morgan fingerprint density at radius 3 is 2.37 bits per heavy atom. The number of anilines is 2. The molecule has 51 heavy (non-hydrogen) atoms. The molecule has 0 bridgehead atoms. The molecule has 4 N–H and O–H groups in total. The van der Waals surface area contributed by atoms with Crippen molar-refractivity contribution in [3.05, 3.63) is 113 Å². The summed E-state index contributed by atoms with van der Waals surface area (Å²) in [6, 6.07) is 19.8. The van der Waals surface area contributed by atoms with E-state index in [-0.39, 0.29) is 17.2 Å². The molecule has 0 saturated heterocycles. The molecule has 14 heteroatoms. The molecule has 6 rings (SSSR count). The first-order valence-electron chi connectivity index (χ1n) is 16.2. The summed E-state index contributed by atoms with van der Waals surface area (Å²) in [5.74, 6) is -1.31. The lowest BCUT2D eigenvalue weighted by atomic mass is 9.79. The highest BCUT2D eigenvalue weighted by Crippen LogP contribution is 2.43. The minimum atomic E-state index is -4.89. The van der Waals surface area contributed by atoms with Crippen LogP contribution in [0.1, 0.15) is 79.3 Å². The van der Waals surface area contributed by atoms with Gasteiger partial charge in [-0.3, -0.25) is 4.79 Å². The first kappa shape index (κ1) is 35.7. The van der Waals surface area contributed by atoms with Crippen molar-refractivity contribution in [1.82, 2.24) is 19.5 Å². The Kier molecular flexibility index (Phi) is 9.47. The van der Waals surface area contributed by atoms with Gasteiger partial charge in [0.05, 0.1) is 44.3 Å². The molecule has 1 amide bonds. The molecule has 1 aliphatic carbocycles. The second-order valence-corrected chi connectivity index (χ2v) is 15.6. The second kappa shape index (κ2) is 13.5. The van der Waals surface area contributed by atoms with Crippen LogP contribution in [0.2, 0.25) is 0 Å². The molecule has 0 radical (unpaired) electrons. The number of hydrogen-bond donors (Lipinski definition) is 3. The number of aromatic nitrogens is 3. The summed E-state index contributed by atoms with van der Waals surface area (Å²) < 4.78 is 74.6. The topological polar surface area (TPSA) is 139 Å². The fourth-order valence-electron chi connectivity index (χ4n) is 5.85. The number of halogens is 4. The predicted molar refractivity (Wildman–Crippen MR) is 188 cm³/mol. The van der Waals surface area contributed by atoms with Gasteiger partial charge in [-0.15, -0.1) is 0 Å².